The summed E-state index contributed by atoms with van der Waals surface area (Å²) in [6.45, 7) is 4.55. The fourth-order valence-corrected chi connectivity index (χ4v) is 5.55. The lowest BCUT2D eigenvalue weighted by Crippen LogP contribution is -2.34. The number of rotatable bonds is 5. The normalized spacial score (nSPS) is 19.6. The molecule has 0 radical (unpaired) electrons. The summed E-state index contributed by atoms with van der Waals surface area (Å²) in [5, 5.41) is 0.742. The number of methoxy groups -OCH3 is 2. The summed E-state index contributed by atoms with van der Waals surface area (Å²) in [6, 6.07) is 8.15. The maximum atomic E-state index is 14.4. The lowest BCUT2D eigenvalue weighted by atomic mass is 10.0. The average molecular weight is 470 g/mol. The lowest BCUT2D eigenvalue weighted by Gasteiger charge is -2.22. The van der Waals surface area contributed by atoms with E-state index in [9.17, 15) is 9.18 Å². The van der Waals surface area contributed by atoms with Crippen LogP contribution in [0.25, 0.3) is 10.4 Å². The molecule has 33 heavy (non-hydrogen) atoms. The molecule has 1 aromatic carbocycles. The zero-order valence-electron chi connectivity index (χ0n) is 18.6. The molecule has 1 amide bonds. The Labute approximate surface area is 195 Å². The van der Waals surface area contributed by atoms with Gasteiger partial charge in [0.1, 0.15) is 11.5 Å². The molecule has 0 N–H and O–H groups in total. The maximum Gasteiger partial charge on any atom is 0.274 e. The Morgan fingerprint density at radius 3 is 2.27 bits per heavy atom. The molecule has 3 aromatic rings. The molecule has 2 saturated heterocycles. The van der Waals surface area contributed by atoms with Crippen LogP contribution in [0.3, 0.4) is 0 Å². The first-order valence-corrected chi connectivity index (χ1v) is 11.5. The van der Waals surface area contributed by atoms with E-state index >= 15 is 0 Å². The largest absolute Gasteiger partial charge is 0.481 e. The number of likely N-dealkylation sites (tertiary alicyclic amines) is 1. The van der Waals surface area contributed by atoms with Gasteiger partial charge in [0.15, 0.2) is 0 Å². The fourth-order valence-electron chi connectivity index (χ4n) is 4.61. The fraction of sp³-hybridized carbons (Fsp3) is 0.391. The Kier molecular flexibility index (Phi) is 5.61. The van der Waals surface area contributed by atoms with E-state index in [2.05, 4.69) is 19.9 Å². The second-order valence-corrected chi connectivity index (χ2v) is 9.48. The van der Waals surface area contributed by atoms with Gasteiger partial charge in [-0.2, -0.15) is 9.97 Å². The zero-order valence-corrected chi connectivity index (χ0v) is 19.4. The number of anilines is 1. The number of halogens is 1. The van der Waals surface area contributed by atoms with Gasteiger partial charge in [-0.05, 0) is 13.0 Å². The Morgan fingerprint density at radius 2 is 1.67 bits per heavy atom. The molecule has 0 saturated carbocycles. The molecule has 10 heteroatoms. The number of amides is 1. The summed E-state index contributed by atoms with van der Waals surface area (Å²) < 4.78 is 25.0. The quantitative estimate of drug-likeness (QED) is 0.567. The summed E-state index contributed by atoms with van der Waals surface area (Å²) in [6.07, 6.45) is 0. The van der Waals surface area contributed by atoms with Crippen LogP contribution in [0, 0.1) is 24.6 Å². The van der Waals surface area contributed by atoms with E-state index in [4.69, 9.17) is 9.47 Å². The second kappa shape index (κ2) is 8.58. The molecule has 2 atom stereocenters. The van der Waals surface area contributed by atoms with Crippen LogP contribution < -0.4 is 14.4 Å². The van der Waals surface area contributed by atoms with E-state index in [0.717, 1.165) is 18.1 Å². The predicted octanol–water partition coefficient (Wildman–Crippen LogP) is 3.27. The van der Waals surface area contributed by atoms with E-state index in [1.165, 1.54) is 17.4 Å². The van der Waals surface area contributed by atoms with E-state index in [1.807, 2.05) is 11.8 Å². The van der Waals surface area contributed by atoms with Crippen LogP contribution in [-0.2, 0) is 0 Å². The SMILES string of the molecule is COc1cc(OC)nc(N2C[C@H]3CN(C(=O)c4nc(C)sc4-c4ccccc4F)C[C@H]3C2)n1. The number of nitrogens with zero attached hydrogens (tertiary/aromatic N) is 5. The molecule has 4 heterocycles. The molecule has 2 fully saturated rings. The molecule has 8 nitrogen and oxygen atoms in total. The van der Waals surface area contributed by atoms with E-state index in [0.29, 0.717) is 58.8 Å². The number of aromatic nitrogens is 3. The van der Waals surface area contributed by atoms with Gasteiger partial charge in [0, 0.05) is 43.6 Å². The highest BCUT2D eigenvalue weighted by molar-refractivity contribution is 7.15. The Morgan fingerprint density at radius 1 is 1.03 bits per heavy atom. The first kappa shape index (κ1) is 21.6. The van der Waals surface area contributed by atoms with Gasteiger partial charge in [0.2, 0.25) is 17.7 Å². The van der Waals surface area contributed by atoms with E-state index in [1.54, 1.807) is 38.5 Å². The number of carbonyl (C=O) groups is 1. The second-order valence-electron chi connectivity index (χ2n) is 8.28. The topological polar surface area (TPSA) is 80.7 Å². The molecule has 0 spiro atoms. The summed E-state index contributed by atoms with van der Waals surface area (Å²) in [4.78, 5) is 31.3. The maximum absolute atomic E-state index is 14.4. The van der Waals surface area contributed by atoms with Gasteiger partial charge in [-0.1, -0.05) is 18.2 Å². The average Bonchev–Trinajstić information content (AvgIpc) is 3.51. The Bertz CT molecular complexity index is 1170. The van der Waals surface area contributed by atoms with Gasteiger partial charge < -0.3 is 19.3 Å². The first-order chi connectivity index (χ1) is 16.0. The molecule has 5 rings (SSSR count). The highest BCUT2D eigenvalue weighted by atomic mass is 32.1. The van der Waals surface area contributed by atoms with Crippen molar-refractivity contribution in [1.82, 2.24) is 19.9 Å². The number of ether oxygens (including phenoxy) is 2. The van der Waals surface area contributed by atoms with Crippen LogP contribution in [-0.4, -0.2) is 66.2 Å². The van der Waals surface area contributed by atoms with Crippen molar-refractivity contribution >= 4 is 23.2 Å². The molecule has 0 aliphatic carbocycles. The number of benzene rings is 1. The van der Waals surface area contributed by atoms with Crippen molar-refractivity contribution in [2.75, 3.05) is 45.3 Å². The van der Waals surface area contributed by atoms with Crippen molar-refractivity contribution in [2.45, 2.75) is 6.92 Å². The van der Waals surface area contributed by atoms with Crippen molar-refractivity contribution in [3.05, 3.63) is 46.9 Å². The molecule has 0 bridgehead atoms. The highest BCUT2D eigenvalue weighted by Crippen LogP contribution is 2.37. The third-order valence-corrected chi connectivity index (χ3v) is 7.20. The van der Waals surface area contributed by atoms with Crippen LogP contribution in [0.15, 0.2) is 30.3 Å². The number of carbonyl (C=O) groups excluding carboxylic acids is 1. The van der Waals surface area contributed by atoms with Gasteiger partial charge in [-0.25, -0.2) is 9.37 Å². The monoisotopic (exact) mass is 469 g/mol. The number of hydrogen-bond acceptors (Lipinski definition) is 8. The lowest BCUT2D eigenvalue weighted by molar-refractivity contribution is 0.0778. The van der Waals surface area contributed by atoms with Gasteiger partial charge in [0.25, 0.3) is 5.91 Å². The minimum absolute atomic E-state index is 0.141. The molecular weight excluding hydrogens is 445 g/mol. The van der Waals surface area contributed by atoms with Crippen LogP contribution in [0.4, 0.5) is 10.3 Å². The summed E-state index contributed by atoms with van der Waals surface area (Å²) >= 11 is 1.35. The smallest absolute Gasteiger partial charge is 0.274 e. The van der Waals surface area contributed by atoms with Crippen LogP contribution >= 0.6 is 11.3 Å². The highest BCUT2D eigenvalue weighted by Gasteiger charge is 2.43. The summed E-state index contributed by atoms with van der Waals surface area (Å²) in [7, 11) is 3.12. The van der Waals surface area contributed by atoms with Crippen molar-refractivity contribution in [2.24, 2.45) is 11.8 Å². The molecular formula is C23H24FN5O3S. The van der Waals surface area contributed by atoms with Crippen LogP contribution in [0.2, 0.25) is 0 Å². The van der Waals surface area contributed by atoms with Crippen LogP contribution in [0.1, 0.15) is 15.5 Å². The van der Waals surface area contributed by atoms with Gasteiger partial charge in [0.05, 0.1) is 30.2 Å². The summed E-state index contributed by atoms with van der Waals surface area (Å²) in [5.41, 5.74) is 0.751. The molecule has 172 valence electrons. The first-order valence-electron chi connectivity index (χ1n) is 10.7. The van der Waals surface area contributed by atoms with Crippen molar-refractivity contribution in [3.63, 3.8) is 0 Å². The van der Waals surface area contributed by atoms with Gasteiger partial charge in [-0.15, -0.1) is 11.3 Å². The molecule has 2 aliphatic heterocycles. The molecule has 2 aliphatic rings. The van der Waals surface area contributed by atoms with E-state index in [-0.39, 0.29) is 11.7 Å². The number of aryl methyl sites for hydroxylation is 1. The third kappa shape index (κ3) is 3.99. The summed E-state index contributed by atoms with van der Waals surface area (Å²) in [5.74, 6) is 1.57. The third-order valence-electron chi connectivity index (χ3n) is 6.20. The van der Waals surface area contributed by atoms with Crippen molar-refractivity contribution in [1.29, 1.82) is 0 Å². The number of fused-ring (bicyclic) bond motifs is 1. The van der Waals surface area contributed by atoms with Gasteiger partial charge in [-0.3, -0.25) is 4.79 Å². The Balaban J connectivity index is 1.33. The number of thiazole rings is 1. The van der Waals surface area contributed by atoms with Crippen molar-refractivity contribution < 1.29 is 18.7 Å². The molecule has 2 aromatic heterocycles. The minimum Gasteiger partial charge on any atom is -0.481 e. The zero-order chi connectivity index (χ0) is 23.1. The molecule has 0 unspecified atom stereocenters. The standard InChI is InChI=1S/C23H24FN5O3S/c1-13-25-20(21(33-13)16-6-4-5-7-17(16)24)22(30)28-9-14-11-29(12-15(14)10-28)23-26-18(31-2)8-19(27-23)32-3/h4-8,14-15H,9-12H2,1-3H3/t14-,15+. The Hall–Kier alpha value is -3.27. The van der Waals surface area contributed by atoms with Crippen molar-refractivity contribution in [3.8, 4) is 22.2 Å². The van der Waals surface area contributed by atoms with Gasteiger partial charge >= 0.3 is 0 Å². The minimum atomic E-state index is -0.349. The predicted molar refractivity (Wildman–Crippen MR) is 122 cm³/mol. The van der Waals surface area contributed by atoms with Crippen LogP contribution in [0.5, 0.6) is 11.8 Å². The number of hydrogen-bond donors (Lipinski definition) is 0. The van der Waals surface area contributed by atoms with E-state index < -0.39 is 0 Å².